The minimum absolute atomic E-state index is 0.358. The zero-order chi connectivity index (χ0) is 11.5. The molecule has 0 bridgehead atoms. The van der Waals surface area contributed by atoms with Crippen LogP contribution in [0.5, 0.6) is 0 Å². The average molecular weight is 236 g/mol. The zero-order valence-corrected chi connectivity index (χ0v) is 10.5. The van der Waals surface area contributed by atoms with Crippen molar-refractivity contribution in [3.8, 4) is 0 Å². The van der Waals surface area contributed by atoms with E-state index in [4.69, 9.17) is 4.74 Å². The van der Waals surface area contributed by atoms with Crippen molar-refractivity contribution in [3.63, 3.8) is 0 Å². The Bertz CT molecular complexity index is 284. The highest BCUT2D eigenvalue weighted by Gasteiger charge is 2.25. The Labute approximate surface area is 92.0 Å². The first-order chi connectivity index (χ1) is 6.95. The van der Waals surface area contributed by atoms with E-state index in [2.05, 4.69) is 11.8 Å². The van der Waals surface area contributed by atoms with Gasteiger partial charge in [0.25, 0.3) is 0 Å². The summed E-state index contributed by atoms with van der Waals surface area (Å²) in [6.45, 7) is 5.55. The normalized spacial score (nSPS) is 22.9. The lowest BCUT2D eigenvalue weighted by molar-refractivity contribution is 0.0768. The van der Waals surface area contributed by atoms with E-state index in [0.29, 0.717) is 25.7 Å². The van der Waals surface area contributed by atoms with Crippen molar-refractivity contribution in [2.45, 2.75) is 13.0 Å². The Morgan fingerprint density at radius 3 is 2.20 bits per heavy atom. The molecule has 0 spiro atoms. The van der Waals surface area contributed by atoms with E-state index in [9.17, 15) is 8.42 Å². The summed E-state index contributed by atoms with van der Waals surface area (Å²) in [6, 6.07) is 0.358. The van der Waals surface area contributed by atoms with Crippen molar-refractivity contribution in [1.29, 1.82) is 0 Å². The van der Waals surface area contributed by atoms with Gasteiger partial charge in [0.2, 0.25) is 10.0 Å². The average Bonchev–Trinajstić information content (AvgIpc) is 2.17. The fraction of sp³-hybridized carbons (Fsp3) is 1.00. The molecule has 0 aromatic carbocycles. The molecular formula is C9H20N2O3S. The van der Waals surface area contributed by atoms with Crippen LogP contribution in [0.4, 0.5) is 0 Å². The van der Waals surface area contributed by atoms with Crippen LogP contribution in [0.15, 0.2) is 0 Å². The number of hydrogen-bond donors (Lipinski definition) is 0. The smallest absolute Gasteiger partial charge is 0.211 e. The fourth-order valence-electron chi connectivity index (χ4n) is 1.82. The molecule has 0 amide bonds. The topological polar surface area (TPSA) is 49.9 Å². The van der Waals surface area contributed by atoms with Crippen molar-refractivity contribution >= 4 is 10.0 Å². The summed E-state index contributed by atoms with van der Waals surface area (Å²) in [7, 11) is -1.33. The van der Waals surface area contributed by atoms with Crippen LogP contribution in [-0.4, -0.2) is 69.8 Å². The molecule has 0 saturated carbocycles. The molecule has 6 heteroatoms. The standard InChI is InChI=1S/C9H20N2O3S/c1-9(8-14-2)10-4-6-11(7-5-10)15(3,12)13/h9H,4-8H2,1-3H3/t9-/m0/s1. The van der Waals surface area contributed by atoms with E-state index < -0.39 is 10.0 Å². The summed E-state index contributed by atoms with van der Waals surface area (Å²) in [4.78, 5) is 2.26. The monoisotopic (exact) mass is 236 g/mol. The van der Waals surface area contributed by atoms with E-state index in [1.807, 2.05) is 0 Å². The molecule has 5 nitrogen and oxygen atoms in total. The molecule has 1 aliphatic rings. The second-order valence-electron chi connectivity index (χ2n) is 4.00. The van der Waals surface area contributed by atoms with E-state index >= 15 is 0 Å². The fourth-order valence-corrected chi connectivity index (χ4v) is 2.65. The molecule has 0 aliphatic carbocycles. The molecule has 0 aromatic heterocycles. The molecule has 0 radical (unpaired) electrons. The number of piperazine rings is 1. The van der Waals surface area contributed by atoms with E-state index in [1.165, 1.54) is 10.6 Å². The molecule has 90 valence electrons. The summed E-state index contributed by atoms with van der Waals surface area (Å²) < 4.78 is 29.2. The highest BCUT2D eigenvalue weighted by atomic mass is 32.2. The molecule has 1 rings (SSSR count). The van der Waals surface area contributed by atoms with Crippen molar-refractivity contribution in [2.75, 3.05) is 46.2 Å². The Kier molecular flexibility index (Phi) is 4.51. The minimum Gasteiger partial charge on any atom is -0.383 e. The van der Waals surface area contributed by atoms with Crippen LogP contribution in [-0.2, 0) is 14.8 Å². The SMILES string of the molecule is COC[C@H](C)N1CCN(S(C)(=O)=O)CC1. The molecule has 1 aliphatic heterocycles. The lowest BCUT2D eigenvalue weighted by Gasteiger charge is -2.36. The zero-order valence-electron chi connectivity index (χ0n) is 9.64. The van der Waals surface area contributed by atoms with Gasteiger partial charge in [-0.15, -0.1) is 0 Å². The molecule has 0 N–H and O–H groups in total. The number of nitrogens with zero attached hydrogens (tertiary/aromatic N) is 2. The highest BCUT2D eigenvalue weighted by Crippen LogP contribution is 2.09. The van der Waals surface area contributed by atoms with Crippen LogP contribution in [0.1, 0.15) is 6.92 Å². The first-order valence-corrected chi connectivity index (χ1v) is 6.98. The van der Waals surface area contributed by atoms with Gasteiger partial charge in [-0.25, -0.2) is 8.42 Å². The second kappa shape index (κ2) is 5.25. The van der Waals surface area contributed by atoms with Crippen molar-refractivity contribution < 1.29 is 13.2 Å². The van der Waals surface area contributed by atoms with Gasteiger partial charge in [0.05, 0.1) is 12.9 Å². The van der Waals surface area contributed by atoms with Crippen LogP contribution in [0.25, 0.3) is 0 Å². The minimum atomic E-state index is -3.01. The lowest BCUT2D eigenvalue weighted by atomic mass is 10.2. The summed E-state index contributed by atoms with van der Waals surface area (Å²) >= 11 is 0. The van der Waals surface area contributed by atoms with E-state index in [0.717, 1.165) is 13.1 Å². The summed E-state index contributed by atoms with van der Waals surface area (Å²) in [6.07, 6.45) is 1.27. The van der Waals surface area contributed by atoms with Gasteiger partial charge < -0.3 is 4.74 Å². The molecule has 1 fully saturated rings. The summed E-state index contributed by atoms with van der Waals surface area (Å²) in [5.41, 5.74) is 0. The second-order valence-corrected chi connectivity index (χ2v) is 5.98. The molecule has 1 saturated heterocycles. The van der Waals surface area contributed by atoms with Crippen molar-refractivity contribution in [3.05, 3.63) is 0 Å². The lowest BCUT2D eigenvalue weighted by Crippen LogP contribution is -2.51. The van der Waals surface area contributed by atoms with Gasteiger partial charge in [0.1, 0.15) is 0 Å². The van der Waals surface area contributed by atoms with Crippen molar-refractivity contribution in [1.82, 2.24) is 9.21 Å². The predicted octanol–water partition coefficient (Wildman–Crippen LogP) is -0.401. The number of hydrogen-bond acceptors (Lipinski definition) is 4. The van der Waals surface area contributed by atoms with Gasteiger partial charge in [-0.3, -0.25) is 4.90 Å². The predicted molar refractivity (Wildman–Crippen MR) is 59.3 cm³/mol. The molecule has 15 heavy (non-hydrogen) atoms. The van der Waals surface area contributed by atoms with Gasteiger partial charge in [-0.1, -0.05) is 0 Å². The van der Waals surface area contributed by atoms with Gasteiger partial charge in [0.15, 0.2) is 0 Å². The quantitative estimate of drug-likeness (QED) is 0.666. The molecule has 1 heterocycles. The van der Waals surface area contributed by atoms with Crippen LogP contribution < -0.4 is 0 Å². The number of rotatable bonds is 4. The Hall–Kier alpha value is -0.170. The maximum atomic E-state index is 11.3. The summed E-state index contributed by atoms with van der Waals surface area (Å²) in [5.74, 6) is 0. The maximum Gasteiger partial charge on any atom is 0.211 e. The van der Waals surface area contributed by atoms with E-state index in [1.54, 1.807) is 7.11 Å². The van der Waals surface area contributed by atoms with Crippen LogP contribution in [0.2, 0.25) is 0 Å². The van der Waals surface area contributed by atoms with E-state index in [-0.39, 0.29) is 0 Å². The Balaban J connectivity index is 2.42. The third-order valence-electron chi connectivity index (χ3n) is 2.77. The highest BCUT2D eigenvalue weighted by molar-refractivity contribution is 7.88. The van der Waals surface area contributed by atoms with Gasteiger partial charge in [0, 0.05) is 39.3 Å². The molecular weight excluding hydrogens is 216 g/mol. The van der Waals surface area contributed by atoms with Crippen LogP contribution >= 0.6 is 0 Å². The van der Waals surface area contributed by atoms with Gasteiger partial charge in [-0.2, -0.15) is 4.31 Å². The Morgan fingerprint density at radius 2 is 1.80 bits per heavy atom. The molecule has 0 aromatic rings. The molecule has 1 atom stereocenters. The van der Waals surface area contributed by atoms with Crippen LogP contribution in [0.3, 0.4) is 0 Å². The largest absolute Gasteiger partial charge is 0.383 e. The Morgan fingerprint density at radius 1 is 1.27 bits per heavy atom. The van der Waals surface area contributed by atoms with Gasteiger partial charge in [-0.05, 0) is 6.92 Å². The number of ether oxygens (including phenoxy) is 1. The first kappa shape index (κ1) is 12.9. The van der Waals surface area contributed by atoms with Crippen LogP contribution in [0, 0.1) is 0 Å². The van der Waals surface area contributed by atoms with Gasteiger partial charge >= 0.3 is 0 Å². The van der Waals surface area contributed by atoms with Crippen molar-refractivity contribution in [2.24, 2.45) is 0 Å². The summed E-state index contributed by atoms with van der Waals surface area (Å²) in [5, 5.41) is 0. The number of sulfonamides is 1. The first-order valence-electron chi connectivity index (χ1n) is 5.13. The number of methoxy groups -OCH3 is 1. The third-order valence-corrected chi connectivity index (χ3v) is 4.08. The maximum absolute atomic E-state index is 11.3. The molecule has 0 unspecified atom stereocenters. The third kappa shape index (κ3) is 3.71.